The van der Waals surface area contributed by atoms with Crippen molar-refractivity contribution in [1.82, 2.24) is 0 Å². The molecule has 1 aliphatic rings. The highest BCUT2D eigenvalue weighted by Crippen LogP contribution is 2.44. The molecule has 0 aromatic carbocycles. The quantitative estimate of drug-likeness (QED) is 0.627. The Labute approximate surface area is 98.5 Å². The van der Waals surface area contributed by atoms with Crippen molar-refractivity contribution >= 4 is 19.2 Å². The second kappa shape index (κ2) is 3.66. The molecule has 1 aromatic rings. The molecule has 1 unspecified atom stereocenters. The Hall–Kier alpha value is -0.235. The van der Waals surface area contributed by atoms with E-state index in [2.05, 4.69) is 27.7 Å². The molecule has 0 aliphatic heterocycles. The minimum atomic E-state index is -0.0733. The van der Waals surface area contributed by atoms with Gasteiger partial charge in [-0.1, -0.05) is 27.2 Å². The first-order valence-corrected chi connectivity index (χ1v) is 6.66. The Morgan fingerprint density at radius 2 is 2.07 bits per heavy atom. The van der Waals surface area contributed by atoms with Crippen molar-refractivity contribution in [3.63, 3.8) is 0 Å². The summed E-state index contributed by atoms with van der Waals surface area (Å²) in [7, 11) is 6.38. The highest BCUT2D eigenvalue weighted by atomic mass is 32.1. The number of thiophene rings is 1. The molecule has 0 saturated carbocycles. The highest BCUT2D eigenvalue weighted by Gasteiger charge is 2.31. The lowest BCUT2D eigenvalue weighted by molar-refractivity contribution is 0.544. The molecule has 1 aromatic heterocycles. The van der Waals surface area contributed by atoms with Crippen LogP contribution in [0.4, 0.5) is 0 Å². The number of hydrogen-bond acceptors (Lipinski definition) is 1. The fourth-order valence-corrected chi connectivity index (χ4v) is 4.07. The summed E-state index contributed by atoms with van der Waals surface area (Å²) in [6, 6.07) is 0. The summed E-state index contributed by atoms with van der Waals surface area (Å²) in [5, 5.41) is -0.0733. The zero-order chi connectivity index (χ0) is 11.2. The second-order valence-corrected chi connectivity index (χ2v) is 6.38. The van der Waals surface area contributed by atoms with Crippen LogP contribution < -0.4 is 0 Å². The van der Waals surface area contributed by atoms with Crippen LogP contribution in [0.25, 0.3) is 0 Å². The van der Waals surface area contributed by atoms with E-state index in [4.69, 9.17) is 7.85 Å². The normalized spacial score (nSPS) is 25.7. The van der Waals surface area contributed by atoms with Gasteiger partial charge in [0.05, 0.1) is 7.85 Å². The maximum absolute atomic E-state index is 6.38. The van der Waals surface area contributed by atoms with Crippen molar-refractivity contribution in [2.24, 2.45) is 0 Å². The Morgan fingerprint density at radius 1 is 1.40 bits per heavy atom. The van der Waals surface area contributed by atoms with Gasteiger partial charge in [0.2, 0.25) is 0 Å². The van der Waals surface area contributed by atoms with Crippen LogP contribution in [0, 0.1) is 6.92 Å². The lowest BCUT2D eigenvalue weighted by Gasteiger charge is -2.30. The minimum Gasteiger partial charge on any atom is -0.145 e. The molecule has 0 bridgehead atoms. The van der Waals surface area contributed by atoms with Crippen molar-refractivity contribution in [2.75, 3.05) is 0 Å². The molecule has 1 atom stereocenters. The molecule has 2 rings (SSSR count). The van der Waals surface area contributed by atoms with Gasteiger partial charge >= 0.3 is 0 Å². The molecular weight excluding hydrogens is 199 g/mol. The van der Waals surface area contributed by atoms with Crippen LogP contribution in [0.5, 0.6) is 0 Å². The summed E-state index contributed by atoms with van der Waals surface area (Å²) in [6.07, 6.45) is 3.61. The van der Waals surface area contributed by atoms with Crippen LogP contribution in [0.15, 0.2) is 0 Å². The van der Waals surface area contributed by atoms with Gasteiger partial charge in [-0.05, 0) is 42.1 Å². The monoisotopic (exact) mass is 218 g/mol. The molecule has 15 heavy (non-hydrogen) atoms. The second-order valence-electron chi connectivity index (χ2n) is 5.32. The van der Waals surface area contributed by atoms with E-state index in [9.17, 15) is 0 Å². The molecule has 2 heteroatoms. The van der Waals surface area contributed by atoms with E-state index in [-0.39, 0.29) is 5.31 Å². The first kappa shape index (κ1) is 11.3. The molecule has 2 radical (unpaired) electrons. The van der Waals surface area contributed by atoms with Gasteiger partial charge in [0.25, 0.3) is 0 Å². The summed E-state index contributed by atoms with van der Waals surface area (Å²) >= 11 is 1.95. The highest BCUT2D eigenvalue weighted by molar-refractivity contribution is 7.12. The van der Waals surface area contributed by atoms with Crippen LogP contribution in [0.1, 0.15) is 60.4 Å². The van der Waals surface area contributed by atoms with Gasteiger partial charge in [0, 0.05) is 9.75 Å². The third kappa shape index (κ3) is 1.77. The largest absolute Gasteiger partial charge is 0.145 e. The summed E-state index contributed by atoms with van der Waals surface area (Å²) in [5.41, 5.74) is 3.07. The van der Waals surface area contributed by atoms with Crippen molar-refractivity contribution in [2.45, 2.75) is 58.2 Å². The average molecular weight is 218 g/mol. The number of fused-ring (bicyclic) bond motifs is 1. The van der Waals surface area contributed by atoms with Gasteiger partial charge in [0.1, 0.15) is 0 Å². The lowest BCUT2D eigenvalue weighted by atomic mass is 9.62. The van der Waals surface area contributed by atoms with E-state index < -0.39 is 0 Å². The fraction of sp³-hybridized carbons (Fsp3) is 0.692. The fourth-order valence-electron chi connectivity index (χ4n) is 2.63. The van der Waals surface area contributed by atoms with Gasteiger partial charge in [-0.25, -0.2) is 0 Å². The first-order chi connectivity index (χ1) is 6.93. The first-order valence-electron chi connectivity index (χ1n) is 5.85. The van der Waals surface area contributed by atoms with Crippen LogP contribution in [0.3, 0.4) is 0 Å². The molecule has 0 saturated heterocycles. The van der Waals surface area contributed by atoms with E-state index in [1.54, 1.807) is 10.4 Å². The van der Waals surface area contributed by atoms with Crippen LogP contribution >= 0.6 is 11.3 Å². The van der Waals surface area contributed by atoms with E-state index in [0.29, 0.717) is 5.92 Å². The van der Waals surface area contributed by atoms with Crippen molar-refractivity contribution in [3.8, 4) is 0 Å². The standard InChI is InChI=1S/C13H19BS/c1-8(2)11-9(3)10-6-5-7-13(4,14)12(10)15-11/h8H,5-7H2,1-4H3. The molecule has 0 nitrogen and oxygen atoms in total. The van der Waals surface area contributed by atoms with Crippen molar-refractivity contribution < 1.29 is 0 Å². The number of hydrogen-bond donors (Lipinski definition) is 0. The van der Waals surface area contributed by atoms with Gasteiger partial charge in [-0.3, -0.25) is 0 Å². The van der Waals surface area contributed by atoms with Crippen LogP contribution in [-0.2, 0) is 11.7 Å². The Morgan fingerprint density at radius 3 is 2.60 bits per heavy atom. The Balaban J connectivity index is 2.55. The van der Waals surface area contributed by atoms with Gasteiger partial charge in [-0.2, -0.15) is 0 Å². The third-order valence-electron chi connectivity index (χ3n) is 3.47. The van der Waals surface area contributed by atoms with E-state index >= 15 is 0 Å². The SMILES string of the molecule is [B]C1(C)CCCc2c1sc(C(C)C)c2C. The van der Waals surface area contributed by atoms with Crippen molar-refractivity contribution in [3.05, 3.63) is 20.9 Å². The van der Waals surface area contributed by atoms with Crippen molar-refractivity contribution in [1.29, 1.82) is 0 Å². The zero-order valence-electron chi connectivity index (χ0n) is 10.2. The summed E-state index contributed by atoms with van der Waals surface area (Å²) in [4.78, 5) is 2.99. The van der Waals surface area contributed by atoms with E-state index in [1.807, 2.05) is 11.3 Å². The third-order valence-corrected chi connectivity index (χ3v) is 5.39. The predicted molar refractivity (Wildman–Crippen MR) is 69.2 cm³/mol. The summed E-state index contributed by atoms with van der Waals surface area (Å²) in [5.74, 6) is 0.636. The molecule has 0 fully saturated rings. The van der Waals surface area contributed by atoms with Gasteiger partial charge in [0.15, 0.2) is 0 Å². The van der Waals surface area contributed by atoms with Gasteiger partial charge in [-0.15, -0.1) is 11.3 Å². The maximum atomic E-state index is 6.38. The van der Waals surface area contributed by atoms with Gasteiger partial charge < -0.3 is 0 Å². The van der Waals surface area contributed by atoms with E-state index in [1.165, 1.54) is 23.3 Å². The Bertz CT molecular complexity index is 374. The van der Waals surface area contributed by atoms with Crippen LogP contribution in [0.2, 0.25) is 0 Å². The zero-order valence-corrected chi connectivity index (χ0v) is 11.0. The predicted octanol–water partition coefficient (Wildman–Crippen LogP) is 3.90. The average Bonchev–Trinajstić information content (AvgIpc) is 2.45. The molecule has 0 N–H and O–H groups in total. The molecule has 1 heterocycles. The molecule has 0 spiro atoms. The lowest BCUT2D eigenvalue weighted by Crippen LogP contribution is -2.25. The minimum absolute atomic E-state index is 0.0733. The van der Waals surface area contributed by atoms with Crippen LogP contribution in [-0.4, -0.2) is 7.85 Å². The maximum Gasteiger partial charge on any atom is 0.0818 e. The molecule has 0 amide bonds. The molecule has 80 valence electrons. The number of rotatable bonds is 1. The smallest absolute Gasteiger partial charge is 0.0818 e. The van der Waals surface area contributed by atoms with E-state index in [0.717, 1.165) is 6.42 Å². The Kier molecular flexibility index (Phi) is 2.74. The summed E-state index contributed by atoms with van der Waals surface area (Å²) < 4.78 is 0. The summed E-state index contributed by atoms with van der Waals surface area (Å²) in [6.45, 7) is 9.01. The molecular formula is C13H19BS. The topological polar surface area (TPSA) is 0 Å². The molecule has 1 aliphatic carbocycles.